The van der Waals surface area contributed by atoms with Crippen molar-refractivity contribution in [1.82, 2.24) is 0 Å². The molecule has 0 amide bonds. The Labute approximate surface area is 134 Å². The van der Waals surface area contributed by atoms with E-state index in [-0.39, 0.29) is 5.92 Å². The molecule has 130 valence electrons. The van der Waals surface area contributed by atoms with Gasteiger partial charge < -0.3 is 34.6 Å². The van der Waals surface area contributed by atoms with Crippen LogP contribution in [-0.4, -0.2) is 64.0 Å². The highest BCUT2D eigenvalue weighted by Crippen LogP contribution is 2.43. The van der Waals surface area contributed by atoms with Gasteiger partial charge in [0.05, 0.1) is 12.9 Å². The molecule has 0 saturated carbocycles. The topological polar surface area (TPSA) is 109 Å². The molecule has 1 aliphatic carbocycles. The minimum Gasteiger partial charge on any atom is -0.472 e. The van der Waals surface area contributed by atoms with Crippen molar-refractivity contribution < 1.29 is 34.6 Å². The number of ether oxygens (including phenoxy) is 3. The number of hydrogen-bond donors (Lipinski definition) is 4. The summed E-state index contributed by atoms with van der Waals surface area (Å²) in [5, 5.41) is 39.0. The predicted octanol–water partition coefficient (Wildman–Crippen LogP) is -0.355. The highest BCUT2D eigenvalue weighted by atomic mass is 16.8. The molecule has 8 atom stereocenters. The van der Waals surface area contributed by atoms with E-state index in [1.54, 1.807) is 6.26 Å². The van der Waals surface area contributed by atoms with Crippen LogP contribution in [0, 0.1) is 11.8 Å². The Kier molecular flexibility index (Phi) is 4.78. The summed E-state index contributed by atoms with van der Waals surface area (Å²) in [5.41, 5.74) is 2.29. The van der Waals surface area contributed by atoms with E-state index >= 15 is 0 Å². The Morgan fingerprint density at radius 2 is 1.83 bits per heavy atom. The van der Waals surface area contributed by atoms with Gasteiger partial charge in [-0.25, -0.2) is 0 Å². The lowest BCUT2D eigenvalue weighted by molar-refractivity contribution is -0.339. The van der Waals surface area contributed by atoms with Crippen LogP contribution in [0.2, 0.25) is 0 Å². The maximum atomic E-state index is 10.1. The minimum absolute atomic E-state index is 0.0207. The fourth-order valence-corrected chi connectivity index (χ4v) is 3.56. The second-order valence-electron chi connectivity index (χ2n) is 6.52. The Bertz CT molecular complexity index is 501. The number of allylic oxidation sites excluding steroid dienone is 2. The second kappa shape index (κ2) is 6.51. The molecule has 23 heavy (non-hydrogen) atoms. The smallest absolute Gasteiger partial charge is 0.208 e. The zero-order valence-corrected chi connectivity index (χ0v) is 13.2. The summed E-state index contributed by atoms with van der Waals surface area (Å²) in [6, 6.07) is 0. The lowest BCUT2D eigenvalue weighted by Gasteiger charge is -2.42. The molecule has 0 radical (unpaired) electrons. The largest absolute Gasteiger partial charge is 0.472 e. The molecule has 0 unspecified atom stereocenters. The van der Waals surface area contributed by atoms with Gasteiger partial charge in [0, 0.05) is 5.92 Å². The van der Waals surface area contributed by atoms with Crippen molar-refractivity contribution in [3.05, 3.63) is 23.5 Å². The average Bonchev–Trinajstić information content (AvgIpc) is 2.93. The van der Waals surface area contributed by atoms with Gasteiger partial charge in [0.1, 0.15) is 24.4 Å². The Morgan fingerprint density at radius 1 is 1.09 bits per heavy atom. The van der Waals surface area contributed by atoms with Crippen LogP contribution in [0.5, 0.6) is 0 Å². The van der Waals surface area contributed by atoms with Gasteiger partial charge in [0.15, 0.2) is 6.29 Å². The minimum atomic E-state index is -1.46. The summed E-state index contributed by atoms with van der Waals surface area (Å²) >= 11 is 0. The molecule has 3 rings (SSSR count). The summed E-state index contributed by atoms with van der Waals surface area (Å²) in [4.78, 5) is 0. The molecule has 7 heteroatoms. The van der Waals surface area contributed by atoms with Crippen LogP contribution in [0.4, 0.5) is 0 Å². The zero-order chi connectivity index (χ0) is 16.7. The molecule has 1 fully saturated rings. The lowest BCUT2D eigenvalue weighted by atomic mass is 9.84. The standard InChI is InChI=1S/C16H24O7/c1-7-3-4-9-8(2)6-21-15(11(7)9)23-16-14(20)13(19)12(18)10(5-17)22-16/h3,6,9-20H,4-5H2,1-2H3/t9-,10-,11-,12-,13+,14-,15+,16+/m1/s1. The van der Waals surface area contributed by atoms with E-state index in [4.69, 9.17) is 14.2 Å². The maximum absolute atomic E-state index is 10.1. The Balaban J connectivity index is 1.74. The number of fused-ring (bicyclic) bond motifs is 1. The van der Waals surface area contributed by atoms with Crippen LogP contribution >= 0.6 is 0 Å². The van der Waals surface area contributed by atoms with Gasteiger partial charge >= 0.3 is 0 Å². The molecule has 2 heterocycles. The summed E-state index contributed by atoms with van der Waals surface area (Å²) in [7, 11) is 0. The van der Waals surface area contributed by atoms with Crippen LogP contribution in [0.15, 0.2) is 23.5 Å². The van der Waals surface area contributed by atoms with Crippen LogP contribution < -0.4 is 0 Å². The third kappa shape index (κ3) is 2.93. The van der Waals surface area contributed by atoms with Gasteiger partial charge in [-0.05, 0) is 31.8 Å². The van der Waals surface area contributed by atoms with Crippen LogP contribution in [0.1, 0.15) is 20.3 Å². The quantitative estimate of drug-likeness (QED) is 0.524. The Hall–Kier alpha value is -0.960. The molecule has 0 aromatic rings. The third-order valence-electron chi connectivity index (χ3n) is 5.04. The van der Waals surface area contributed by atoms with Crippen molar-refractivity contribution in [2.75, 3.05) is 6.61 Å². The van der Waals surface area contributed by atoms with Crippen LogP contribution in [-0.2, 0) is 14.2 Å². The van der Waals surface area contributed by atoms with E-state index in [2.05, 4.69) is 6.08 Å². The van der Waals surface area contributed by atoms with Crippen molar-refractivity contribution in [3.8, 4) is 0 Å². The van der Waals surface area contributed by atoms with Gasteiger partial charge in [-0.2, -0.15) is 0 Å². The van der Waals surface area contributed by atoms with Crippen LogP contribution in [0.25, 0.3) is 0 Å². The SMILES string of the molecule is CC1=CC[C@@H]2C(C)=CO[C@@H](O[C@@H]3O[C@H](CO)[C@@H](O)[C@H](O)[C@H]3O)[C@H]12. The highest BCUT2D eigenvalue weighted by molar-refractivity contribution is 5.23. The first-order chi connectivity index (χ1) is 10.9. The average molecular weight is 328 g/mol. The number of aliphatic hydroxyl groups excluding tert-OH is 4. The highest BCUT2D eigenvalue weighted by Gasteiger charge is 2.47. The molecule has 0 aromatic carbocycles. The van der Waals surface area contributed by atoms with E-state index in [9.17, 15) is 20.4 Å². The first-order valence-corrected chi connectivity index (χ1v) is 7.88. The van der Waals surface area contributed by atoms with E-state index in [0.717, 1.165) is 17.6 Å². The van der Waals surface area contributed by atoms with Crippen molar-refractivity contribution in [2.24, 2.45) is 11.8 Å². The molecular formula is C16H24O7. The van der Waals surface area contributed by atoms with Gasteiger partial charge in [0.25, 0.3) is 0 Å². The van der Waals surface area contributed by atoms with Crippen molar-refractivity contribution in [3.63, 3.8) is 0 Å². The first kappa shape index (κ1) is 16.9. The lowest BCUT2D eigenvalue weighted by Crippen LogP contribution is -2.60. The van der Waals surface area contributed by atoms with Crippen molar-refractivity contribution in [1.29, 1.82) is 0 Å². The number of rotatable bonds is 3. The third-order valence-corrected chi connectivity index (χ3v) is 5.04. The first-order valence-electron chi connectivity index (χ1n) is 7.88. The normalized spacial score (nSPS) is 46.7. The van der Waals surface area contributed by atoms with Gasteiger partial charge in [-0.1, -0.05) is 11.6 Å². The summed E-state index contributed by atoms with van der Waals surface area (Å²) in [5.74, 6) is 0.311. The molecule has 0 aromatic heterocycles. The number of hydrogen-bond acceptors (Lipinski definition) is 7. The molecule has 2 aliphatic heterocycles. The van der Waals surface area contributed by atoms with Gasteiger partial charge in [0.2, 0.25) is 6.29 Å². The maximum Gasteiger partial charge on any atom is 0.208 e. The predicted molar refractivity (Wildman–Crippen MR) is 78.8 cm³/mol. The summed E-state index contributed by atoms with van der Waals surface area (Å²) in [6.07, 6.45) is -2.39. The molecular weight excluding hydrogens is 304 g/mol. The van der Waals surface area contributed by atoms with E-state index in [1.807, 2.05) is 13.8 Å². The van der Waals surface area contributed by atoms with Crippen molar-refractivity contribution in [2.45, 2.75) is 57.3 Å². The molecule has 0 bridgehead atoms. The van der Waals surface area contributed by atoms with E-state index in [1.165, 1.54) is 0 Å². The van der Waals surface area contributed by atoms with Crippen molar-refractivity contribution >= 4 is 0 Å². The zero-order valence-electron chi connectivity index (χ0n) is 13.2. The van der Waals surface area contributed by atoms with E-state index in [0.29, 0.717) is 5.92 Å². The second-order valence-corrected chi connectivity index (χ2v) is 6.52. The molecule has 0 spiro atoms. The van der Waals surface area contributed by atoms with Crippen LogP contribution in [0.3, 0.4) is 0 Å². The van der Waals surface area contributed by atoms with Gasteiger partial charge in [-0.15, -0.1) is 0 Å². The Morgan fingerprint density at radius 3 is 2.52 bits per heavy atom. The monoisotopic (exact) mass is 328 g/mol. The molecule has 4 N–H and O–H groups in total. The van der Waals surface area contributed by atoms with Gasteiger partial charge in [-0.3, -0.25) is 0 Å². The number of aliphatic hydroxyl groups is 4. The summed E-state index contributed by atoms with van der Waals surface area (Å²) < 4.78 is 16.8. The molecule has 1 saturated heterocycles. The fourth-order valence-electron chi connectivity index (χ4n) is 3.56. The molecule has 7 nitrogen and oxygen atoms in total. The summed E-state index contributed by atoms with van der Waals surface area (Å²) in [6.45, 7) is 3.53. The fraction of sp³-hybridized carbons (Fsp3) is 0.750. The van der Waals surface area contributed by atoms with E-state index < -0.39 is 43.6 Å². The molecule has 3 aliphatic rings.